The first-order valence-electron chi connectivity index (χ1n) is 17.4. The van der Waals surface area contributed by atoms with Crippen molar-refractivity contribution in [1.29, 1.82) is 0 Å². The summed E-state index contributed by atoms with van der Waals surface area (Å²) < 4.78 is 0. The third kappa shape index (κ3) is 9.29. The maximum Gasteiger partial charge on any atom is 0.315 e. The monoisotopic (exact) mass is 748 g/mol. The van der Waals surface area contributed by atoms with Crippen molar-refractivity contribution in [2.45, 2.75) is 154 Å². The lowest BCUT2D eigenvalue weighted by atomic mass is 10.1. The van der Waals surface area contributed by atoms with Crippen LogP contribution >= 0.6 is 12.1 Å². The maximum absolute atomic E-state index is 13.5. The molecular formula is C36H72OSSi7. The van der Waals surface area contributed by atoms with Gasteiger partial charge in [-0.3, -0.25) is 0 Å². The van der Waals surface area contributed by atoms with Crippen molar-refractivity contribution in [2.24, 2.45) is 0 Å². The third-order valence-electron chi connectivity index (χ3n) is 9.75. The van der Waals surface area contributed by atoms with Crippen LogP contribution in [0.3, 0.4) is 0 Å². The number of hydrogen-bond donors (Lipinski definition) is 2. The molecule has 0 aliphatic heterocycles. The zero-order valence-electron chi connectivity index (χ0n) is 33.4. The Morgan fingerprint density at radius 2 is 0.711 bits per heavy atom. The number of hydrogen-bond acceptors (Lipinski definition) is 2. The lowest BCUT2D eigenvalue weighted by Crippen LogP contribution is -2.63. The highest BCUT2D eigenvalue weighted by molar-refractivity contribution is 8.16. The van der Waals surface area contributed by atoms with Gasteiger partial charge in [0.2, 0.25) is 0 Å². The molecule has 1 unspecified atom stereocenters. The van der Waals surface area contributed by atoms with E-state index in [-0.39, 0.29) is 0 Å². The summed E-state index contributed by atoms with van der Waals surface area (Å²) >= 11 is 5.62. The zero-order chi connectivity index (χ0) is 35.7. The zero-order valence-corrected chi connectivity index (χ0v) is 41.3. The lowest BCUT2D eigenvalue weighted by Gasteiger charge is -2.47. The fourth-order valence-electron chi connectivity index (χ4n) is 10.4. The van der Waals surface area contributed by atoms with Gasteiger partial charge in [-0.15, -0.1) is 0 Å². The molecule has 0 fully saturated rings. The molecule has 45 heavy (non-hydrogen) atoms. The van der Waals surface area contributed by atoms with Crippen LogP contribution in [0.2, 0.25) is 118 Å². The Hall–Kier alpha value is 0.268. The van der Waals surface area contributed by atoms with Crippen LogP contribution in [0.4, 0.5) is 0 Å². The van der Waals surface area contributed by atoms with Gasteiger partial charge in [0.1, 0.15) is 0 Å². The molecule has 1 nitrogen and oxygen atoms in total. The summed E-state index contributed by atoms with van der Waals surface area (Å²) in [6, 6.07) is 9.97. The normalized spacial score (nSPS) is 15.8. The summed E-state index contributed by atoms with van der Waals surface area (Å²) in [6.45, 7) is 53.4. The molecule has 1 N–H and O–H groups in total. The number of rotatable bonds is 11. The molecule has 2 aromatic rings. The van der Waals surface area contributed by atoms with E-state index >= 15 is 0 Å². The van der Waals surface area contributed by atoms with E-state index in [1.54, 1.807) is 5.56 Å². The Bertz CT molecular complexity index is 1260. The van der Waals surface area contributed by atoms with Crippen molar-refractivity contribution >= 4 is 78.4 Å². The van der Waals surface area contributed by atoms with Crippen LogP contribution in [0.15, 0.2) is 24.3 Å². The second-order valence-electron chi connectivity index (χ2n) is 21.0. The average molecular weight is 750 g/mol. The highest BCUT2D eigenvalue weighted by atomic mass is 32.3. The Morgan fingerprint density at radius 3 is 0.956 bits per heavy atom. The van der Waals surface area contributed by atoms with E-state index < -0.39 is 55.9 Å². The number of thiol groups is 1. The van der Waals surface area contributed by atoms with Gasteiger partial charge >= 0.3 is 7.47 Å². The van der Waals surface area contributed by atoms with Crippen LogP contribution in [0.1, 0.15) is 48.9 Å². The van der Waals surface area contributed by atoms with E-state index in [0.29, 0.717) is 15.5 Å². The SMILES string of the molecule is Cc1cc(C)c([Si](O)(S)c2c(C([Si](C)(C)C)[Si](C)(C)C)cc(C([Si](C)(C)C)[Si](C)(C)C)cc2C([Si](C)(C)C)[Si](C)(C)C)c(C)c1. The van der Waals surface area contributed by atoms with Crippen molar-refractivity contribution in [3.8, 4) is 0 Å². The van der Waals surface area contributed by atoms with Gasteiger partial charge in [-0.05, 0) is 74.5 Å². The van der Waals surface area contributed by atoms with Crippen LogP contribution in [0, 0.1) is 20.8 Å². The smallest absolute Gasteiger partial charge is 0.315 e. The minimum Gasteiger partial charge on any atom is -0.417 e. The van der Waals surface area contributed by atoms with Gasteiger partial charge in [-0.25, -0.2) is 0 Å². The second kappa shape index (κ2) is 13.2. The first-order valence-corrected chi connectivity index (χ1v) is 42.1. The molecule has 0 aliphatic rings. The molecule has 0 saturated heterocycles. The van der Waals surface area contributed by atoms with Crippen molar-refractivity contribution < 1.29 is 4.80 Å². The number of benzene rings is 2. The quantitative estimate of drug-likeness (QED) is 0.173. The molecule has 0 bridgehead atoms. The Kier molecular flexibility index (Phi) is 12.1. The first-order chi connectivity index (χ1) is 19.6. The van der Waals surface area contributed by atoms with Gasteiger partial charge in [0, 0.05) is 48.4 Å². The maximum atomic E-state index is 13.5. The molecule has 1 atom stereocenters. The Balaban J connectivity index is 3.53. The molecular weight excluding hydrogens is 677 g/mol. The fourth-order valence-corrected chi connectivity index (χ4v) is 53.6. The van der Waals surface area contributed by atoms with E-state index in [0.717, 1.165) is 5.19 Å². The Labute approximate surface area is 293 Å². The van der Waals surface area contributed by atoms with Crippen LogP contribution in [0.25, 0.3) is 0 Å². The van der Waals surface area contributed by atoms with Gasteiger partial charge in [0.25, 0.3) is 0 Å². The molecule has 2 rings (SSSR count). The van der Waals surface area contributed by atoms with E-state index in [1.165, 1.54) is 33.0 Å². The first kappa shape index (κ1) is 41.4. The van der Waals surface area contributed by atoms with Crippen molar-refractivity contribution in [2.75, 3.05) is 0 Å². The molecule has 0 aromatic heterocycles. The Morgan fingerprint density at radius 1 is 0.444 bits per heavy atom. The van der Waals surface area contributed by atoms with E-state index in [4.69, 9.17) is 12.1 Å². The van der Waals surface area contributed by atoms with Crippen molar-refractivity contribution in [3.63, 3.8) is 0 Å². The molecule has 2 aromatic carbocycles. The average Bonchev–Trinajstić information content (AvgIpc) is 2.65. The lowest BCUT2D eigenvalue weighted by molar-refractivity contribution is 0.592. The minimum absolute atomic E-state index is 0.531. The van der Waals surface area contributed by atoms with E-state index in [1.807, 2.05) is 0 Å². The van der Waals surface area contributed by atoms with Crippen LogP contribution in [-0.4, -0.2) is 60.7 Å². The summed E-state index contributed by atoms with van der Waals surface area (Å²) in [5.74, 6) is 0. The number of aryl methyl sites for hydroxylation is 3. The largest absolute Gasteiger partial charge is 0.417 e. The summed E-state index contributed by atoms with van der Waals surface area (Å²) in [7, 11) is -13.5. The predicted molar refractivity (Wildman–Crippen MR) is 232 cm³/mol. The van der Waals surface area contributed by atoms with E-state index in [9.17, 15) is 4.80 Å². The van der Waals surface area contributed by atoms with Gasteiger partial charge in [0.15, 0.2) is 0 Å². The highest BCUT2D eigenvalue weighted by Crippen LogP contribution is 2.45. The molecule has 0 amide bonds. The van der Waals surface area contributed by atoms with Gasteiger partial charge < -0.3 is 4.80 Å². The van der Waals surface area contributed by atoms with Gasteiger partial charge in [0.05, 0.1) is 0 Å². The molecule has 256 valence electrons. The molecule has 0 heterocycles. The minimum atomic E-state index is -3.44. The van der Waals surface area contributed by atoms with Crippen molar-refractivity contribution in [3.05, 3.63) is 57.6 Å². The highest BCUT2D eigenvalue weighted by Gasteiger charge is 2.51. The molecule has 0 radical (unpaired) electrons. The molecule has 0 saturated carbocycles. The van der Waals surface area contributed by atoms with E-state index in [2.05, 4.69) is 163 Å². The van der Waals surface area contributed by atoms with Gasteiger partial charge in [-0.2, -0.15) is 12.1 Å². The third-order valence-corrected chi connectivity index (χ3v) is 41.7. The van der Waals surface area contributed by atoms with Crippen molar-refractivity contribution in [1.82, 2.24) is 0 Å². The summed E-state index contributed by atoms with van der Waals surface area (Å²) in [6.07, 6.45) is 0. The molecule has 0 spiro atoms. The van der Waals surface area contributed by atoms with Crippen LogP contribution in [-0.2, 0) is 0 Å². The summed E-state index contributed by atoms with van der Waals surface area (Å²) in [5, 5.41) is 4.15. The van der Waals surface area contributed by atoms with Crippen LogP contribution < -0.4 is 10.4 Å². The van der Waals surface area contributed by atoms with Gasteiger partial charge in [-0.1, -0.05) is 148 Å². The standard InChI is InChI=1S/C36H72OSSi7/c1-26-22-27(2)32(28(3)23-26)45(37,38)33-30(35(41(10,11)12)42(13,14)15)24-29(34(39(4,5)6)40(7,8)9)25-31(33)36(43(16,17)18)44(19,20)21/h22-25,34-38H,1-21H3. The topological polar surface area (TPSA) is 20.2 Å². The van der Waals surface area contributed by atoms with Crippen LogP contribution in [0.5, 0.6) is 0 Å². The summed E-state index contributed by atoms with van der Waals surface area (Å²) in [5.41, 5.74) is 8.32. The molecule has 9 heteroatoms. The second-order valence-corrected chi connectivity index (χ2v) is 58.9. The predicted octanol–water partition coefficient (Wildman–Crippen LogP) is 10.6. The molecule has 0 aliphatic carbocycles. The fraction of sp³-hybridized carbons (Fsp3) is 0.667. The summed E-state index contributed by atoms with van der Waals surface area (Å²) in [4.78, 5) is 13.5.